The number of hydrogen-bond donors (Lipinski definition) is 3. The lowest BCUT2D eigenvalue weighted by atomic mass is 10.0. The van der Waals surface area contributed by atoms with Crippen LogP contribution in [0.3, 0.4) is 0 Å². The van der Waals surface area contributed by atoms with Gasteiger partial charge in [-0.3, -0.25) is 37.3 Å². The van der Waals surface area contributed by atoms with Crippen LogP contribution in [-0.4, -0.2) is 96.7 Å². The third-order valence-electron chi connectivity index (χ3n) is 15.1. The van der Waals surface area contributed by atoms with Gasteiger partial charge in [0, 0.05) is 25.7 Å². The minimum atomic E-state index is -4.96. The summed E-state index contributed by atoms with van der Waals surface area (Å²) in [5.74, 6) is -0.655. The van der Waals surface area contributed by atoms with Crippen LogP contribution >= 0.6 is 15.6 Å². The Labute approximate surface area is 529 Å². The maximum Gasteiger partial charge on any atom is 0.472 e. The van der Waals surface area contributed by atoms with E-state index in [0.717, 1.165) is 121 Å². The molecule has 512 valence electrons. The fourth-order valence-corrected chi connectivity index (χ4v) is 11.3. The van der Waals surface area contributed by atoms with Crippen molar-refractivity contribution >= 4 is 39.5 Å². The van der Waals surface area contributed by atoms with Gasteiger partial charge in [0.2, 0.25) is 0 Å². The first-order valence-corrected chi connectivity index (χ1v) is 37.8. The lowest BCUT2D eigenvalue weighted by Gasteiger charge is -2.21. The van der Waals surface area contributed by atoms with Gasteiger partial charge in [0.25, 0.3) is 0 Å². The van der Waals surface area contributed by atoms with E-state index in [0.29, 0.717) is 25.7 Å². The minimum Gasteiger partial charge on any atom is -0.462 e. The van der Waals surface area contributed by atoms with Gasteiger partial charge in [0.05, 0.1) is 26.4 Å². The van der Waals surface area contributed by atoms with Gasteiger partial charge in [0.1, 0.15) is 19.3 Å². The quantitative estimate of drug-likeness (QED) is 0.0169. The summed E-state index contributed by atoms with van der Waals surface area (Å²) < 4.78 is 67.9. The maximum absolute atomic E-state index is 13.0. The highest BCUT2D eigenvalue weighted by molar-refractivity contribution is 7.47. The summed E-state index contributed by atoms with van der Waals surface area (Å²) in [7, 11) is -9.90. The molecule has 0 aromatic rings. The smallest absolute Gasteiger partial charge is 0.462 e. The number of aliphatic hydroxyl groups is 1. The van der Waals surface area contributed by atoms with Gasteiger partial charge in [-0.05, 0) is 63.2 Å². The second-order valence-corrected chi connectivity index (χ2v) is 27.7. The zero-order valence-electron chi connectivity index (χ0n) is 55.8. The molecule has 0 saturated carbocycles. The normalized spacial score (nSPS) is 14.4. The first-order valence-electron chi connectivity index (χ1n) is 34.8. The van der Waals surface area contributed by atoms with Gasteiger partial charge in [-0.25, -0.2) is 9.13 Å². The van der Waals surface area contributed by atoms with Crippen molar-refractivity contribution in [2.24, 2.45) is 11.8 Å². The van der Waals surface area contributed by atoms with Crippen LogP contribution in [0.1, 0.15) is 318 Å². The third kappa shape index (κ3) is 62.1. The molecular formula is C68H128O17P2. The van der Waals surface area contributed by atoms with Crippen molar-refractivity contribution in [3.63, 3.8) is 0 Å². The number of phosphoric ester groups is 2. The highest BCUT2D eigenvalue weighted by Crippen LogP contribution is 2.45. The molecule has 0 aromatic carbocycles. The Kier molecular flexibility index (Phi) is 58.1. The molecule has 0 fully saturated rings. The predicted octanol–water partition coefficient (Wildman–Crippen LogP) is 18.8. The molecule has 19 heteroatoms. The lowest BCUT2D eigenvalue weighted by molar-refractivity contribution is -0.161. The van der Waals surface area contributed by atoms with Gasteiger partial charge >= 0.3 is 39.5 Å². The van der Waals surface area contributed by atoms with Crippen LogP contribution < -0.4 is 0 Å². The summed E-state index contributed by atoms with van der Waals surface area (Å²) in [4.78, 5) is 72.2. The first-order chi connectivity index (χ1) is 41.9. The molecular weight excluding hydrogens is 1150 g/mol. The molecule has 0 aliphatic carbocycles. The molecule has 0 aliphatic heterocycles. The molecule has 0 rings (SSSR count). The van der Waals surface area contributed by atoms with E-state index in [1.54, 1.807) is 0 Å². The second kappa shape index (κ2) is 59.8. The van der Waals surface area contributed by atoms with E-state index >= 15 is 0 Å². The predicted molar refractivity (Wildman–Crippen MR) is 349 cm³/mol. The highest BCUT2D eigenvalue weighted by Gasteiger charge is 2.30. The van der Waals surface area contributed by atoms with E-state index < -0.39 is 97.5 Å². The molecule has 2 unspecified atom stereocenters. The molecule has 0 aliphatic rings. The molecule has 0 radical (unpaired) electrons. The summed E-state index contributed by atoms with van der Waals surface area (Å²) in [5.41, 5.74) is 0. The number of rotatable bonds is 65. The van der Waals surface area contributed by atoms with Crippen LogP contribution in [0.15, 0.2) is 24.3 Å². The highest BCUT2D eigenvalue weighted by atomic mass is 31.2. The molecule has 5 atom stereocenters. The summed E-state index contributed by atoms with van der Waals surface area (Å²) >= 11 is 0. The molecule has 87 heavy (non-hydrogen) atoms. The summed E-state index contributed by atoms with van der Waals surface area (Å²) in [5, 5.41) is 10.5. The van der Waals surface area contributed by atoms with E-state index in [2.05, 4.69) is 65.8 Å². The molecule has 0 saturated heterocycles. The molecule has 0 bridgehead atoms. The maximum atomic E-state index is 13.0. The standard InChI is InChI=1S/C68H128O17P2/c1-7-9-11-13-14-15-16-17-18-19-24-29-34-40-46-52-67(72)85-64(57-79-66(71)51-45-39-33-28-23-21-20-22-26-31-37-42-48-60(3)4)59-83-87(76,77)81-55-62(69)54-80-86(74,75)82-58-63(56-78-65(70)50-44-36-12-10-8-2)84-68(73)53-47-41-35-30-25-27-32-38-43-49-61(5)6/h15-18,60-64,69H,7-14,19-59H2,1-6H3,(H,74,75)(H,76,77)/b16-15-,18-17-/t62-,63+,64+/m0/s1. The number of unbranched alkanes of at least 4 members (excludes halogenated alkanes) is 32. The summed E-state index contributed by atoms with van der Waals surface area (Å²) in [6, 6.07) is 0. The summed E-state index contributed by atoms with van der Waals surface area (Å²) in [6.45, 7) is 9.36. The molecule has 0 heterocycles. The van der Waals surface area contributed by atoms with Gasteiger partial charge in [-0.1, -0.05) is 265 Å². The van der Waals surface area contributed by atoms with Crippen LogP contribution in [0.25, 0.3) is 0 Å². The molecule has 0 spiro atoms. The van der Waals surface area contributed by atoms with E-state index in [9.17, 15) is 43.2 Å². The number of aliphatic hydroxyl groups excluding tert-OH is 1. The number of carbonyl (C=O) groups is 4. The van der Waals surface area contributed by atoms with E-state index in [1.165, 1.54) is 116 Å². The summed E-state index contributed by atoms with van der Waals surface area (Å²) in [6.07, 6.45) is 47.0. The Bertz CT molecular complexity index is 1790. The van der Waals surface area contributed by atoms with Crippen LogP contribution in [-0.2, 0) is 65.4 Å². The van der Waals surface area contributed by atoms with Gasteiger partial charge < -0.3 is 33.8 Å². The van der Waals surface area contributed by atoms with Crippen molar-refractivity contribution in [2.75, 3.05) is 39.6 Å². The number of phosphoric acid groups is 2. The van der Waals surface area contributed by atoms with Gasteiger partial charge in [0.15, 0.2) is 12.2 Å². The Balaban J connectivity index is 5.21. The van der Waals surface area contributed by atoms with Crippen LogP contribution in [0.2, 0.25) is 0 Å². The van der Waals surface area contributed by atoms with Crippen LogP contribution in [0.4, 0.5) is 0 Å². The molecule has 0 amide bonds. The van der Waals surface area contributed by atoms with Crippen molar-refractivity contribution in [1.29, 1.82) is 0 Å². The second-order valence-electron chi connectivity index (χ2n) is 24.8. The zero-order valence-corrected chi connectivity index (χ0v) is 57.6. The topological polar surface area (TPSA) is 237 Å². The number of hydrogen-bond acceptors (Lipinski definition) is 15. The third-order valence-corrected chi connectivity index (χ3v) is 17.0. The average Bonchev–Trinajstić information content (AvgIpc) is 3.65. The van der Waals surface area contributed by atoms with Crippen molar-refractivity contribution in [1.82, 2.24) is 0 Å². The Morgan fingerprint density at radius 2 is 0.621 bits per heavy atom. The van der Waals surface area contributed by atoms with Crippen LogP contribution in [0, 0.1) is 11.8 Å². The number of esters is 4. The van der Waals surface area contributed by atoms with E-state index in [4.69, 9.17) is 37.0 Å². The lowest BCUT2D eigenvalue weighted by Crippen LogP contribution is -2.30. The SMILES string of the molecule is CCCCCC/C=C\C=C/CCCCCCCC(=O)O[C@H](COC(=O)CCCCCCCCCCCCCCC(C)C)COP(=O)(O)OC[C@@H](O)COP(=O)(O)OC[C@@H](COC(=O)CCCCCCC)OC(=O)CCCCCCCCCCCC(C)C. The van der Waals surface area contributed by atoms with Crippen molar-refractivity contribution in [3.8, 4) is 0 Å². The van der Waals surface area contributed by atoms with Gasteiger partial charge in [-0.2, -0.15) is 0 Å². The van der Waals surface area contributed by atoms with Crippen LogP contribution in [0.5, 0.6) is 0 Å². The Morgan fingerprint density at radius 1 is 0.356 bits per heavy atom. The Hall–Kier alpha value is -2.46. The molecule has 17 nitrogen and oxygen atoms in total. The number of allylic oxidation sites excluding steroid dienone is 4. The van der Waals surface area contributed by atoms with Crippen molar-refractivity contribution < 1.29 is 80.2 Å². The fraction of sp³-hybridized carbons (Fsp3) is 0.882. The van der Waals surface area contributed by atoms with E-state index in [1.807, 2.05) is 0 Å². The average molecular weight is 1280 g/mol. The monoisotopic (exact) mass is 1280 g/mol. The van der Waals surface area contributed by atoms with Crippen molar-refractivity contribution in [3.05, 3.63) is 24.3 Å². The number of carbonyl (C=O) groups excluding carboxylic acids is 4. The van der Waals surface area contributed by atoms with Crippen molar-refractivity contribution in [2.45, 2.75) is 336 Å². The largest absolute Gasteiger partial charge is 0.472 e. The van der Waals surface area contributed by atoms with Gasteiger partial charge in [-0.15, -0.1) is 0 Å². The molecule has 0 aromatic heterocycles. The zero-order chi connectivity index (χ0) is 64.3. The molecule has 3 N–H and O–H groups in total. The number of ether oxygens (including phenoxy) is 4. The minimum absolute atomic E-state index is 0.0847. The first kappa shape index (κ1) is 84.5. The Morgan fingerprint density at radius 3 is 0.943 bits per heavy atom. The fourth-order valence-electron chi connectivity index (χ4n) is 9.70. The van der Waals surface area contributed by atoms with E-state index in [-0.39, 0.29) is 25.7 Å².